The Morgan fingerprint density at radius 1 is 1.17 bits per heavy atom. The smallest absolute Gasteiger partial charge is 0.187 e. The number of anilines is 1. The van der Waals surface area contributed by atoms with Crippen LogP contribution in [0.15, 0.2) is 54.7 Å². The molecule has 5 heteroatoms. The quantitative estimate of drug-likeness (QED) is 0.422. The van der Waals surface area contributed by atoms with Gasteiger partial charge in [0.1, 0.15) is 17.4 Å². The molecule has 0 aliphatic rings. The summed E-state index contributed by atoms with van der Waals surface area (Å²) in [6.45, 7) is 2.73. The summed E-state index contributed by atoms with van der Waals surface area (Å²) in [5.41, 5.74) is 0.453. The number of rotatable bonds is 8. The molecule has 2 rings (SSSR count). The van der Waals surface area contributed by atoms with Gasteiger partial charge in [0.15, 0.2) is 5.78 Å². The van der Waals surface area contributed by atoms with Crippen LogP contribution in [-0.2, 0) is 0 Å². The molecule has 0 unspecified atom stereocenters. The van der Waals surface area contributed by atoms with Gasteiger partial charge in [-0.25, -0.2) is 8.78 Å². The second-order valence-corrected chi connectivity index (χ2v) is 5.19. The summed E-state index contributed by atoms with van der Waals surface area (Å²) < 4.78 is 32.0. The van der Waals surface area contributed by atoms with Crippen molar-refractivity contribution in [3.8, 4) is 5.75 Å². The van der Waals surface area contributed by atoms with Crippen molar-refractivity contribution in [3.63, 3.8) is 0 Å². The van der Waals surface area contributed by atoms with E-state index >= 15 is 0 Å². The van der Waals surface area contributed by atoms with Gasteiger partial charge in [-0.05, 0) is 42.8 Å². The molecule has 126 valence electrons. The van der Waals surface area contributed by atoms with Gasteiger partial charge in [-0.15, -0.1) is 0 Å². The highest BCUT2D eigenvalue weighted by atomic mass is 19.1. The fourth-order valence-corrected chi connectivity index (χ4v) is 1.96. The van der Waals surface area contributed by atoms with Gasteiger partial charge in [-0.3, -0.25) is 4.79 Å². The summed E-state index contributed by atoms with van der Waals surface area (Å²) in [6.07, 6.45) is 4.58. The molecule has 0 aliphatic heterocycles. The summed E-state index contributed by atoms with van der Waals surface area (Å²) in [6, 6.07) is 9.86. The van der Waals surface area contributed by atoms with E-state index in [1.54, 1.807) is 24.3 Å². The number of halogens is 2. The predicted molar refractivity (Wildman–Crippen MR) is 90.3 cm³/mol. The van der Waals surface area contributed by atoms with E-state index < -0.39 is 11.6 Å². The third-order valence-corrected chi connectivity index (χ3v) is 3.31. The molecule has 0 radical (unpaired) electrons. The summed E-state index contributed by atoms with van der Waals surface area (Å²) in [7, 11) is 0. The highest BCUT2D eigenvalue weighted by molar-refractivity contribution is 6.04. The maximum absolute atomic E-state index is 13.4. The van der Waals surface area contributed by atoms with E-state index in [-0.39, 0.29) is 11.5 Å². The third kappa shape index (κ3) is 5.19. The molecule has 2 aromatic carbocycles. The van der Waals surface area contributed by atoms with Crippen molar-refractivity contribution in [2.24, 2.45) is 0 Å². The topological polar surface area (TPSA) is 38.3 Å². The molecular weight excluding hydrogens is 312 g/mol. The first kappa shape index (κ1) is 17.7. The van der Waals surface area contributed by atoms with Crippen LogP contribution in [0.3, 0.4) is 0 Å². The maximum atomic E-state index is 13.4. The number of ketones is 1. The van der Waals surface area contributed by atoms with Crippen LogP contribution in [0.5, 0.6) is 5.75 Å². The first-order valence-corrected chi connectivity index (χ1v) is 7.75. The Labute approximate surface area is 140 Å². The minimum absolute atomic E-state index is 0.0290. The lowest BCUT2D eigenvalue weighted by Gasteiger charge is -2.05. The SMILES string of the molecule is CCCCOc1ccc(C(=O)C=CNc2cc(F)ccc2F)cc1. The van der Waals surface area contributed by atoms with Crippen molar-refractivity contribution in [3.05, 3.63) is 71.9 Å². The van der Waals surface area contributed by atoms with Crippen LogP contribution in [0.2, 0.25) is 0 Å². The van der Waals surface area contributed by atoms with Crippen LogP contribution in [0.1, 0.15) is 30.1 Å². The number of hydrogen-bond acceptors (Lipinski definition) is 3. The molecule has 0 amide bonds. The number of nitrogens with one attached hydrogen (secondary N) is 1. The lowest BCUT2D eigenvalue weighted by atomic mass is 10.1. The monoisotopic (exact) mass is 331 g/mol. The number of hydrogen-bond donors (Lipinski definition) is 1. The highest BCUT2D eigenvalue weighted by Crippen LogP contribution is 2.16. The molecule has 24 heavy (non-hydrogen) atoms. The van der Waals surface area contributed by atoms with Crippen LogP contribution >= 0.6 is 0 Å². The second kappa shape index (κ2) is 8.82. The van der Waals surface area contributed by atoms with E-state index in [0.717, 1.165) is 31.0 Å². The normalized spacial score (nSPS) is 10.8. The summed E-state index contributed by atoms with van der Waals surface area (Å²) in [5.74, 6) is -0.692. The van der Waals surface area contributed by atoms with E-state index in [1.807, 2.05) is 0 Å². The Hall–Kier alpha value is -2.69. The zero-order valence-corrected chi connectivity index (χ0v) is 13.4. The van der Waals surface area contributed by atoms with Gasteiger partial charge in [0.05, 0.1) is 12.3 Å². The van der Waals surface area contributed by atoms with Crippen molar-refractivity contribution in [2.45, 2.75) is 19.8 Å². The van der Waals surface area contributed by atoms with Crippen LogP contribution in [-0.4, -0.2) is 12.4 Å². The molecule has 0 atom stereocenters. The summed E-state index contributed by atoms with van der Waals surface area (Å²) >= 11 is 0. The molecule has 0 saturated carbocycles. The highest BCUT2D eigenvalue weighted by Gasteiger charge is 2.04. The Bertz CT molecular complexity index is 712. The van der Waals surface area contributed by atoms with Crippen LogP contribution < -0.4 is 10.1 Å². The van der Waals surface area contributed by atoms with Gasteiger partial charge in [0.25, 0.3) is 0 Å². The fourth-order valence-electron chi connectivity index (χ4n) is 1.96. The molecule has 0 aromatic heterocycles. The molecule has 0 fully saturated rings. The molecule has 0 saturated heterocycles. The lowest BCUT2D eigenvalue weighted by molar-refractivity contribution is 0.104. The number of carbonyl (C=O) groups excluding carboxylic acids is 1. The largest absolute Gasteiger partial charge is 0.494 e. The standard InChI is InChI=1S/C19H19F2NO2/c1-2-3-12-24-16-7-4-14(5-8-16)19(23)10-11-22-18-13-15(20)6-9-17(18)21/h4-11,13,22H,2-3,12H2,1H3. The number of ether oxygens (including phenoxy) is 1. The van der Waals surface area contributed by atoms with Crippen LogP contribution in [0.25, 0.3) is 0 Å². The zero-order valence-electron chi connectivity index (χ0n) is 13.4. The van der Waals surface area contributed by atoms with E-state index in [9.17, 15) is 13.6 Å². The average Bonchev–Trinajstić information content (AvgIpc) is 2.58. The number of unbranched alkanes of at least 4 members (excludes halogenated alkanes) is 1. The Morgan fingerprint density at radius 2 is 1.92 bits per heavy atom. The van der Waals surface area contributed by atoms with Crippen LogP contribution in [0.4, 0.5) is 14.5 Å². The molecule has 1 N–H and O–H groups in total. The van der Waals surface area contributed by atoms with Gasteiger partial charge in [0, 0.05) is 23.9 Å². The van der Waals surface area contributed by atoms with E-state index in [1.165, 1.54) is 12.3 Å². The zero-order chi connectivity index (χ0) is 17.4. The minimum atomic E-state index is -0.595. The maximum Gasteiger partial charge on any atom is 0.187 e. The van der Waals surface area contributed by atoms with Crippen molar-refractivity contribution in [1.82, 2.24) is 0 Å². The van der Waals surface area contributed by atoms with E-state index in [0.29, 0.717) is 17.9 Å². The second-order valence-electron chi connectivity index (χ2n) is 5.19. The predicted octanol–water partition coefficient (Wildman–Crippen LogP) is 4.95. The number of carbonyl (C=O) groups is 1. The van der Waals surface area contributed by atoms with Gasteiger partial charge >= 0.3 is 0 Å². The first-order valence-electron chi connectivity index (χ1n) is 7.75. The Morgan fingerprint density at radius 3 is 2.62 bits per heavy atom. The first-order chi connectivity index (χ1) is 11.6. The van der Waals surface area contributed by atoms with Gasteiger partial charge in [-0.1, -0.05) is 13.3 Å². The molecule has 0 spiro atoms. The molecule has 0 aliphatic carbocycles. The van der Waals surface area contributed by atoms with E-state index in [2.05, 4.69) is 12.2 Å². The Kier molecular flexibility index (Phi) is 6.49. The summed E-state index contributed by atoms with van der Waals surface area (Å²) in [5, 5.41) is 2.56. The molecule has 0 bridgehead atoms. The number of allylic oxidation sites excluding steroid dienone is 1. The molecular formula is C19H19F2NO2. The van der Waals surface area contributed by atoms with Gasteiger partial charge in [0.2, 0.25) is 0 Å². The minimum Gasteiger partial charge on any atom is -0.494 e. The third-order valence-electron chi connectivity index (χ3n) is 3.31. The summed E-state index contributed by atoms with van der Waals surface area (Å²) in [4.78, 5) is 12.0. The van der Waals surface area contributed by atoms with E-state index in [4.69, 9.17) is 4.74 Å². The average molecular weight is 331 g/mol. The molecule has 2 aromatic rings. The van der Waals surface area contributed by atoms with Crippen LogP contribution in [0, 0.1) is 11.6 Å². The number of benzene rings is 2. The van der Waals surface area contributed by atoms with Crippen molar-refractivity contribution < 1.29 is 18.3 Å². The van der Waals surface area contributed by atoms with Crippen molar-refractivity contribution in [1.29, 1.82) is 0 Å². The van der Waals surface area contributed by atoms with Crippen molar-refractivity contribution in [2.75, 3.05) is 11.9 Å². The van der Waals surface area contributed by atoms with Gasteiger partial charge < -0.3 is 10.1 Å². The Balaban J connectivity index is 1.93. The fraction of sp³-hybridized carbons (Fsp3) is 0.211. The lowest BCUT2D eigenvalue weighted by Crippen LogP contribution is -1.99. The molecule has 0 heterocycles. The molecule has 3 nitrogen and oxygen atoms in total. The van der Waals surface area contributed by atoms with Gasteiger partial charge in [-0.2, -0.15) is 0 Å². The van der Waals surface area contributed by atoms with Crippen molar-refractivity contribution >= 4 is 11.5 Å².